The minimum atomic E-state index is -0.410. The van der Waals surface area contributed by atoms with Gasteiger partial charge in [-0.2, -0.15) is 0 Å². The predicted octanol–water partition coefficient (Wildman–Crippen LogP) is 2.12. The van der Waals surface area contributed by atoms with E-state index < -0.39 is 6.10 Å². The fraction of sp³-hybridized carbons (Fsp3) is 0.588. The van der Waals surface area contributed by atoms with Crippen LogP contribution in [0.5, 0.6) is 0 Å². The molecule has 0 unspecified atom stereocenters. The van der Waals surface area contributed by atoms with E-state index in [2.05, 4.69) is 29.4 Å². The molecule has 2 atom stereocenters. The summed E-state index contributed by atoms with van der Waals surface area (Å²) < 4.78 is 5.83. The molecule has 0 radical (unpaired) electrons. The summed E-state index contributed by atoms with van der Waals surface area (Å²) in [5.74, 6) is 0.0438. The number of likely N-dealkylation sites (N-methyl/N-ethyl adjacent to an activating group) is 1. The molecule has 1 saturated heterocycles. The SMILES string of the molecule is CN1CCO[C@@H](C(=O)NC2CCCC2)[C@@H]1c1ccccc1. The van der Waals surface area contributed by atoms with Gasteiger partial charge in [0.1, 0.15) is 0 Å². The quantitative estimate of drug-likeness (QED) is 0.926. The second-order valence-electron chi connectivity index (χ2n) is 6.12. The lowest BCUT2D eigenvalue weighted by Gasteiger charge is -2.38. The van der Waals surface area contributed by atoms with E-state index in [0.717, 1.165) is 24.9 Å². The van der Waals surface area contributed by atoms with Crippen LogP contribution in [0.15, 0.2) is 30.3 Å². The topological polar surface area (TPSA) is 41.6 Å². The Hall–Kier alpha value is -1.39. The molecule has 0 bridgehead atoms. The van der Waals surface area contributed by atoms with Crippen molar-refractivity contribution in [3.05, 3.63) is 35.9 Å². The monoisotopic (exact) mass is 288 g/mol. The number of amides is 1. The van der Waals surface area contributed by atoms with Crippen molar-refractivity contribution >= 4 is 5.91 Å². The summed E-state index contributed by atoms with van der Waals surface area (Å²) in [7, 11) is 2.07. The Morgan fingerprint density at radius 1 is 1.24 bits per heavy atom. The van der Waals surface area contributed by atoms with Gasteiger partial charge in [-0.1, -0.05) is 43.2 Å². The molecule has 4 heteroatoms. The first-order valence-corrected chi connectivity index (χ1v) is 7.93. The number of benzene rings is 1. The van der Waals surface area contributed by atoms with Crippen LogP contribution in [0.3, 0.4) is 0 Å². The third-order valence-corrected chi connectivity index (χ3v) is 4.60. The van der Waals surface area contributed by atoms with Crippen molar-refractivity contribution in [2.24, 2.45) is 0 Å². The molecule has 4 nitrogen and oxygen atoms in total. The summed E-state index contributed by atoms with van der Waals surface area (Å²) in [4.78, 5) is 14.8. The van der Waals surface area contributed by atoms with Gasteiger partial charge in [0.25, 0.3) is 5.91 Å². The third kappa shape index (κ3) is 3.27. The molecule has 1 saturated carbocycles. The van der Waals surface area contributed by atoms with E-state index in [9.17, 15) is 4.79 Å². The molecule has 2 aliphatic rings. The Bertz CT molecular complexity index is 471. The van der Waals surface area contributed by atoms with E-state index in [1.165, 1.54) is 12.8 Å². The number of ether oxygens (including phenoxy) is 1. The molecule has 3 rings (SSSR count). The molecule has 1 aliphatic heterocycles. The summed E-state index contributed by atoms with van der Waals surface area (Å²) in [5.41, 5.74) is 1.14. The average Bonchev–Trinajstić information content (AvgIpc) is 3.00. The smallest absolute Gasteiger partial charge is 0.251 e. The van der Waals surface area contributed by atoms with Crippen molar-refractivity contribution in [2.75, 3.05) is 20.2 Å². The molecular formula is C17H24N2O2. The highest BCUT2D eigenvalue weighted by atomic mass is 16.5. The van der Waals surface area contributed by atoms with E-state index in [1.807, 2.05) is 18.2 Å². The van der Waals surface area contributed by atoms with Gasteiger partial charge in [-0.05, 0) is 25.5 Å². The van der Waals surface area contributed by atoms with E-state index in [4.69, 9.17) is 4.74 Å². The highest BCUT2D eigenvalue weighted by Crippen LogP contribution is 2.29. The van der Waals surface area contributed by atoms with E-state index in [1.54, 1.807) is 0 Å². The maximum atomic E-state index is 12.6. The van der Waals surface area contributed by atoms with Crippen LogP contribution in [0.1, 0.15) is 37.3 Å². The predicted molar refractivity (Wildman–Crippen MR) is 82.0 cm³/mol. The van der Waals surface area contributed by atoms with Crippen molar-refractivity contribution in [2.45, 2.75) is 43.9 Å². The van der Waals surface area contributed by atoms with Crippen LogP contribution in [0, 0.1) is 0 Å². The zero-order valence-corrected chi connectivity index (χ0v) is 12.6. The second-order valence-corrected chi connectivity index (χ2v) is 6.12. The summed E-state index contributed by atoms with van der Waals surface area (Å²) in [6, 6.07) is 10.5. The Morgan fingerprint density at radius 3 is 2.67 bits per heavy atom. The van der Waals surface area contributed by atoms with Crippen LogP contribution in [0.25, 0.3) is 0 Å². The lowest BCUT2D eigenvalue weighted by molar-refractivity contribution is -0.145. The van der Waals surface area contributed by atoms with Crippen LogP contribution in [0.2, 0.25) is 0 Å². The van der Waals surface area contributed by atoms with Gasteiger partial charge in [-0.25, -0.2) is 0 Å². The lowest BCUT2D eigenvalue weighted by atomic mass is 9.97. The fourth-order valence-electron chi connectivity index (χ4n) is 3.44. The zero-order valence-electron chi connectivity index (χ0n) is 12.6. The summed E-state index contributed by atoms with van der Waals surface area (Å²) in [6.07, 6.45) is 4.23. The van der Waals surface area contributed by atoms with Crippen molar-refractivity contribution in [3.63, 3.8) is 0 Å². The van der Waals surface area contributed by atoms with Gasteiger partial charge in [0.2, 0.25) is 0 Å². The van der Waals surface area contributed by atoms with Gasteiger partial charge in [-0.15, -0.1) is 0 Å². The molecular weight excluding hydrogens is 264 g/mol. The van der Waals surface area contributed by atoms with E-state index in [0.29, 0.717) is 12.6 Å². The number of morpholine rings is 1. The molecule has 1 N–H and O–H groups in total. The molecule has 1 heterocycles. The van der Waals surface area contributed by atoms with E-state index in [-0.39, 0.29) is 11.9 Å². The number of carbonyl (C=O) groups is 1. The minimum absolute atomic E-state index is 0.00125. The van der Waals surface area contributed by atoms with Gasteiger partial charge in [0.05, 0.1) is 12.6 Å². The van der Waals surface area contributed by atoms with Gasteiger partial charge < -0.3 is 10.1 Å². The van der Waals surface area contributed by atoms with Crippen molar-refractivity contribution in [1.82, 2.24) is 10.2 Å². The Balaban J connectivity index is 1.75. The largest absolute Gasteiger partial charge is 0.365 e. The third-order valence-electron chi connectivity index (χ3n) is 4.60. The maximum absolute atomic E-state index is 12.6. The van der Waals surface area contributed by atoms with Crippen LogP contribution >= 0.6 is 0 Å². The summed E-state index contributed by atoms with van der Waals surface area (Å²) in [6.45, 7) is 1.47. The van der Waals surface area contributed by atoms with Crippen LogP contribution < -0.4 is 5.32 Å². The van der Waals surface area contributed by atoms with Gasteiger partial charge in [0, 0.05) is 12.6 Å². The van der Waals surface area contributed by atoms with Gasteiger partial charge in [0.15, 0.2) is 6.10 Å². The molecule has 1 aliphatic carbocycles. The number of hydrogen-bond donors (Lipinski definition) is 1. The summed E-state index contributed by atoms with van der Waals surface area (Å²) in [5, 5.41) is 3.18. The molecule has 114 valence electrons. The molecule has 1 aromatic carbocycles. The lowest BCUT2D eigenvalue weighted by Crippen LogP contribution is -2.52. The number of carbonyl (C=O) groups excluding carboxylic acids is 1. The molecule has 2 fully saturated rings. The van der Waals surface area contributed by atoms with Crippen molar-refractivity contribution in [1.29, 1.82) is 0 Å². The fourth-order valence-corrected chi connectivity index (χ4v) is 3.44. The summed E-state index contributed by atoms with van der Waals surface area (Å²) >= 11 is 0. The molecule has 0 aromatic heterocycles. The molecule has 1 amide bonds. The standard InChI is InChI=1S/C17H24N2O2/c1-19-11-12-21-16(15(19)13-7-3-2-4-8-13)17(20)18-14-9-5-6-10-14/h2-4,7-8,14-16H,5-6,9-12H2,1H3,(H,18,20)/t15-,16+/m0/s1. The highest BCUT2D eigenvalue weighted by Gasteiger charge is 2.37. The number of hydrogen-bond acceptors (Lipinski definition) is 3. The Kier molecular flexibility index (Phi) is 4.56. The first-order valence-electron chi connectivity index (χ1n) is 7.93. The van der Waals surface area contributed by atoms with E-state index >= 15 is 0 Å². The number of nitrogens with zero attached hydrogens (tertiary/aromatic N) is 1. The molecule has 0 spiro atoms. The first-order chi connectivity index (χ1) is 10.3. The first kappa shape index (κ1) is 14.5. The Morgan fingerprint density at radius 2 is 1.95 bits per heavy atom. The number of rotatable bonds is 3. The van der Waals surface area contributed by atoms with Crippen molar-refractivity contribution < 1.29 is 9.53 Å². The van der Waals surface area contributed by atoms with Crippen LogP contribution in [0.4, 0.5) is 0 Å². The highest BCUT2D eigenvalue weighted by molar-refractivity contribution is 5.82. The second kappa shape index (κ2) is 6.58. The van der Waals surface area contributed by atoms with Gasteiger partial charge >= 0.3 is 0 Å². The molecule has 21 heavy (non-hydrogen) atoms. The molecule has 1 aromatic rings. The Labute approximate surface area is 126 Å². The van der Waals surface area contributed by atoms with Crippen LogP contribution in [-0.2, 0) is 9.53 Å². The normalized spacial score (nSPS) is 27.7. The van der Waals surface area contributed by atoms with Crippen LogP contribution in [-0.4, -0.2) is 43.2 Å². The zero-order chi connectivity index (χ0) is 14.7. The maximum Gasteiger partial charge on any atom is 0.251 e. The van der Waals surface area contributed by atoms with Crippen molar-refractivity contribution in [3.8, 4) is 0 Å². The number of nitrogens with one attached hydrogen (secondary N) is 1. The van der Waals surface area contributed by atoms with Gasteiger partial charge in [-0.3, -0.25) is 9.69 Å². The average molecular weight is 288 g/mol. The minimum Gasteiger partial charge on any atom is -0.365 e.